The van der Waals surface area contributed by atoms with E-state index >= 15 is 0 Å². The fraction of sp³-hybridized carbons (Fsp3) is 0.429. The summed E-state index contributed by atoms with van der Waals surface area (Å²) in [6.45, 7) is 19.2. The van der Waals surface area contributed by atoms with Crippen LogP contribution < -0.4 is 5.32 Å². The van der Waals surface area contributed by atoms with Crippen molar-refractivity contribution in [2.45, 2.75) is 71.6 Å². The van der Waals surface area contributed by atoms with Crippen LogP contribution in [0.5, 0.6) is 0 Å². The van der Waals surface area contributed by atoms with Crippen LogP contribution in [0.3, 0.4) is 0 Å². The first-order valence-corrected chi connectivity index (χ1v) is 14.9. The van der Waals surface area contributed by atoms with Crippen molar-refractivity contribution in [3.05, 3.63) is 66.1 Å². The van der Waals surface area contributed by atoms with Crippen LogP contribution in [0.25, 0.3) is 17.0 Å². The number of benzene rings is 1. The monoisotopic (exact) mass is 477 g/mol. The molecule has 3 rings (SSSR count). The first-order valence-electron chi connectivity index (χ1n) is 11.9. The smallest absolute Gasteiger partial charge is 0.248 e. The number of carbonyl (C=O) groups excluding carboxylic acids is 1. The van der Waals surface area contributed by atoms with Gasteiger partial charge in [-0.2, -0.15) is 0 Å². The van der Waals surface area contributed by atoms with Gasteiger partial charge in [-0.15, -0.1) is 0 Å². The summed E-state index contributed by atoms with van der Waals surface area (Å²) in [6.07, 6.45) is 7.21. The minimum Gasteiger partial charge on any atom is -0.415 e. The van der Waals surface area contributed by atoms with E-state index in [-0.39, 0.29) is 16.4 Å². The molecule has 0 aliphatic heterocycles. The van der Waals surface area contributed by atoms with E-state index in [1.54, 1.807) is 18.3 Å². The van der Waals surface area contributed by atoms with Gasteiger partial charge in [0.25, 0.3) is 0 Å². The Hall–Kier alpha value is -2.70. The lowest BCUT2D eigenvalue weighted by Gasteiger charge is -2.36. The largest absolute Gasteiger partial charge is 0.415 e. The zero-order chi connectivity index (χ0) is 25.1. The Morgan fingerprint density at radius 2 is 1.82 bits per heavy atom. The number of fused-ring (bicyclic) bond motifs is 1. The van der Waals surface area contributed by atoms with Crippen molar-refractivity contribution < 1.29 is 9.22 Å². The summed E-state index contributed by atoms with van der Waals surface area (Å²) in [6, 6.07) is 12.1. The highest BCUT2D eigenvalue weighted by Crippen LogP contribution is 2.36. The summed E-state index contributed by atoms with van der Waals surface area (Å²) in [5.74, 6) is -0.165. The van der Waals surface area contributed by atoms with Crippen molar-refractivity contribution in [1.82, 2.24) is 9.55 Å². The molecule has 0 bridgehead atoms. The molecular weight excluding hydrogens is 438 g/mol. The van der Waals surface area contributed by atoms with Crippen LogP contribution in [-0.2, 0) is 21.2 Å². The fourth-order valence-corrected chi connectivity index (χ4v) is 4.43. The molecule has 0 spiro atoms. The molecule has 2 heterocycles. The second-order valence-electron chi connectivity index (χ2n) is 11.4. The normalized spacial score (nSPS) is 13.1. The van der Waals surface area contributed by atoms with Crippen LogP contribution >= 0.6 is 0 Å². The maximum absolute atomic E-state index is 12.4. The Balaban J connectivity index is 1.60. The van der Waals surface area contributed by atoms with Crippen molar-refractivity contribution in [2.75, 3.05) is 11.9 Å². The molecule has 0 radical (unpaired) electrons. The molecule has 34 heavy (non-hydrogen) atoms. The van der Waals surface area contributed by atoms with E-state index in [2.05, 4.69) is 87.8 Å². The van der Waals surface area contributed by atoms with Gasteiger partial charge >= 0.3 is 0 Å². The van der Waals surface area contributed by atoms with Crippen LogP contribution in [0.1, 0.15) is 52.8 Å². The standard InChI is InChI=1S/C28H39N3O2Si/c1-27(2,3)25-13-9-21(20-29-25)10-14-26(32)30-23-11-12-24-22(19-23)15-16-31(24)17-18-33-34(7,8)28(4,5)6/h9-16,19-20H,17-18H2,1-8H3,(H,30,32). The highest BCUT2D eigenvalue weighted by molar-refractivity contribution is 6.74. The van der Waals surface area contributed by atoms with E-state index in [1.165, 1.54) is 0 Å². The molecule has 1 amide bonds. The molecule has 5 nitrogen and oxygen atoms in total. The third-order valence-corrected chi connectivity index (χ3v) is 11.2. The summed E-state index contributed by atoms with van der Waals surface area (Å²) in [4.78, 5) is 16.9. The number of aromatic nitrogens is 2. The molecule has 3 aromatic rings. The number of nitrogens with zero attached hydrogens (tertiary/aromatic N) is 2. The topological polar surface area (TPSA) is 56.2 Å². The SMILES string of the molecule is CC(C)(C)c1ccc(C=CC(=O)Nc2ccc3c(ccn3CCO[Si](C)(C)C(C)(C)C)c2)cn1. The van der Waals surface area contributed by atoms with Crippen LogP contribution in [0, 0.1) is 0 Å². The van der Waals surface area contributed by atoms with Gasteiger partial charge in [0.05, 0.1) is 6.61 Å². The summed E-state index contributed by atoms with van der Waals surface area (Å²) in [5, 5.41) is 4.26. The van der Waals surface area contributed by atoms with Crippen LogP contribution in [0.4, 0.5) is 5.69 Å². The highest BCUT2D eigenvalue weighted by Gasteiger charge is 2.36. The van der Waals surface area contributed by atoms with Gasteiger partial charge in [0.2, 0.25) is 5.91 Å². The Labute approximate surface area is 205 Å². The van der Waals surface area contributed by atoms with E-state index in [4.69, 9.17) is 4.43 Å². The number of anilines is 1. The van der Waals surface area contributed by atoms with E-state index in [9.17, 15) is 4.79 Å². The van der Waals surface area contributed by atoms with E-state index in [0.717, 1.165) is 34.4 Å². The Kier molecular flexibility index (Phi) is 7.53. The van der Waals surface area contributed by atoms with Gasteiger partial charge in [0.15, 0.2) is 8.32 Å². The molecule has 1 N–H and O–H groups in total. The molecule has 2 aromatic heterocycles. The van der Waals surface area contributed by atoms with Gasteiger partial charge in [-0.05, 0) is 60.1 Å². The highest BCUT2D eigenvalue weighted by atomic mass is 28.4. The van der Waals surface area contributed by atoms with Gasteiger partial charge in [0, 0.05) is 52.7 Å². The molecule has 1 aromatic carbocycles. The molecule has 182 valence electrons. The molecule has 0 aliphatic rings. The Morgan fingerprint density at radius 3 is 2.44 bits per heavy atom. The van der Waals surface area contributed by atoms with Gasteiger partial charge in [-0.25, -0.2) is 0 Å². The number of hydrogen-bond donors (Lipinski definition) is 1. The Bertz CT molecular complexity index is 1160. The zero-order valence-corrected chi connectivity index (χ0v) is 22.9. The summed E-state index contributed by atoms with van der Waals surface area (Å²) < 4.78 is 8.54. The van der Waals surface area contributed by atoms with E-state index in [1.807, 2.05) is 24.3 Å². The molecule has 0 aliphatic carbocycles. The summed E-state index contributed by atoms with van der Waals surface area (Å²) in [7, 11) is -1.75. The zero-order valence-electron chi connectivity index (χ0n) is 21.9. The molecule has 6 heteroatoms. The van der Waals surface area contributed by atoms with Gasteiger partial charge in [-0.3, -0.25) is 9.78 Å². The van der Waals surface area contributed by atoms with Gasteiger partial charge in [0.1, 0.15) is 0 Å². The van der Waals surface area contributed by atoms with Crippen molar-refractivity contribution in [2.24, 2.45) is 0 Å². The number of hydrogen-bond acceptors (Lipinski definition) is 3. The molecule has 0 saturated carbocycles. The second-order valence-corrected chi connectivity index (χ2v) is 16.3. The molecule has 0 atom stereocenters. The lowest BCUT2D eigenvalue weighted by atomic mass is 9.91. The lowest BCUT2D eigenvalue weighted by molar-refractivity contribution is -0.111. The maximum Gasteiger partial charge on any atom is 0.248 e. The molecular formula is C28H39N3O2Si. The van der Waals surface area contributed by atoms with Gasteiger partial charge < -0.3 is 14.3 Å². The third-order valence-electron chi connectivity index (χ3n) is 6.62. The van der Waals surface area contributed by atoms with Gasteiger partial charge in [-0.1, -0.05) is 47.6 Å². The first kappa shape index (κ1) is 25.9. The lowest BCUT2D eigenvalue weighted by Crippen LogP contribution is -2.41. The van der Waals surface area contributed by atoms with Crippen molar-refractivity contribution in [3.63, 3.8) is 0 Å². The number of amides is 1. The number of pyridine rings is 1. The molecule has 0 fully saturated rings. The van der Waals surface area contributed by atoms with Crippen LogP contribution in [0.15, 0.2) is 54.9 Å². The van der Waals surface area contributed by atoms with Crippen LogP contribution in [0.2, 0.25) is 18.1 Å². The Morgan fingerprint density at radius 1 is 1.09 bits per heavy atom. The van der Waals surface area contributed by atoms with Crippen molar-refractivity contribution >= 4 is 36.9 Å². The first-order chi connectivity index (χ1) is 15.8. The minimum absolute atomic E-state index is 0.00891. The average molecular weight is 478 g/mol. The number of nitrogens with one attached hydrogen (secondary N) is 1. The second kappa shape index (κ2) is 9.88. The summed E-state index contributed by atoms with van der Waals surface area (Å²) in [5.41, 5.74) is 3.85. The quantitative estimate of drug-likeness (QED) is 0.294. The fourth-order valence-electron chi connectivity index (χ4n) is 3.39. The van der Waals surface area contributed by atoms with Crippen molar-refractivity contribution in [3.8, 4) is 0 Å². The minimum atomic E-state index is -1.75. The number of carbonyl (C=O) groups is 1. The third kappa shape index (κ3) is 6.45. The van der Waals surface area contributed by atoms with Crippen LogP contribution in [-0.4, -0.2) is 30.4 Å². The molecule has 0 unspecified atom stereocenters. The number of rotatable bonds is 7. The molecule has 0 saturated heterocycles. The van der Waals surface area contributed by atoms with E-state index in [0.29, 0.717) is 6.61 Å². The maximum atomic E-state index is 12.4. The summed E-state index contributed by atoms with van der Waals surface area (Å²) >= 11 is 0. The predicted octanol–water partition coefficient (Wildman–Crippen LogP) is 7.01. The average Bonchev–Trinajstić information content (AvgIpc) is 3.13. The van der Waals surface area contributed by atoms with E-state index < -0.39 is 8.32 Å². The van der Waals surface area contributed by atoms with Crippen molar-refractivity contribution in [1.29, 1.82) is 0 Å². The predicted molar refractivity (Wildman–Crippen MR) is 146 cm³/mol.